The van der Waals surface area contributed by atoms with Crippen LogP contribution in [-0.2, 0) is 11.3 Å². The van der Waals surface area contributed by atoms with Crippen molar-refractivity contribution in [3.63, 3.8) is 0 Å². The zero-order valence-corrected chi connectivity index (χ0v) is 14.2. The summed E-state index contributed by atoms with van der Waals surface area (Å²) in [7, 11) is 1.60. The molecular formula is C17H21N5O3. The Balaban J connectivity index is 1.69. The predicted molar refractivity (Wildman–Crippen MR) is 89.6 cm³/mol. The first-order chi connectivity index (χ1) is 12.1. The van der Waals surface area contributed by atoms with Crippen molar-refractivity contribution in [1.29, 1.82) is 0 Å². The molecule has 0 radical (unpaired) electrons. The highest BCUT2D eigenvalue weighted by Gasteiger charge is 2.38. The fourth-order valence-electron chi connectivity index (χ4n) is 3.08. The Morgan fingerprint density at radius 1 is 1.40 bits per heavy atom. The highest BCUT2D eigenvalue weighted by Crippen LogP contribution is 2.20. The molecule has 8 nitrogen and oxygen atoms in total. The molecule has 1 fully saturated rings. The summed E-state index contributed by atoms with van der Waals surface area (Å²) in [6, 6.07) is 5.16. The van der Waals surface area contributed by atoms with E-state index in [2.05, 4.69) is 25.7 Å². The van der Waals surface area contributed by atoms with E-state index in [0.717, 1.165) is 5.56 Å². The minimum atomic E-state index is -0.334. The van der Waals surface area contributed by atoms with Gasteiger partial charge in [0.1, 0.15) is 5.76 Å². The molecule has 25 heavy (non-hydrogen) atoms. The van der Waals surface area contributed by atoms with Gasteiger partial charge in [-0.2, -0.15) is 0 Å². The van der Waals surface area contributed by atoms with Crippen molar-refractivity contribution in [1.82, 2.24) is 25.7 Å². The molecule has 1 saturated heterocycles. The maximum atomic E-state index is 12.3. The summed E-state index contributed by atoms with van der Waals surface area (Å²) in [6.45, 7) is 3.55. The second-order valence-corrected chi connectivity index (χ2v) is 6.18. The average molecular weight is 343 g/mol. The van der Waals surface area contributed by atoms with Crippen molar-refractivity contribution in [2.75, 3.05) is 20.1 Å². The lowest BCUT2D eigenvalue weighted by molar-refractivity contribution is -0.124. The van der Waals surface area contributed by atoms with Gasteiger partial charge in [-0.25, -0.2) is 0 Å². The van der Waals surface area contributed by atoms with Gasteiger partial charge in [-0.15, -0.1) is 0 Å². The van der Waals surface area contributed by atoms with Crippen LogP contribution >= 0.6 is 0 Å². The highest BCUT2D eigenvalue weighted by atomic mass is 16.5. The van der Waals surface area contributed by atoms with Crippen molar-refractivity contribution in [3.05, 3.63) is 47.6 Å². The lowest BCUT2D eigenvalue weighted by Gasteiger charge is -2.17. The molecule has 0 bridgehead atoms. The number of carbonyl (C=O) groups excluding carboxylic acids is 2. The van der Waals surface area contributed by atoms with E-state index in [1.165, 1.54) is 0 Å². The number of aromatic nitrogens is 2. The molecule has 2 aromatic rings. The summed E-state index contributed by atoms with van der Waals surface area (Å²) in [6.07, 6.45) is 3.53. The van der Waals surface area contributed by atoms with Gasteiger partial charge in [0.15, 0.2) is 5.69 Å². The highest BCUT2D eigenvalue weighted by molar-refractivity contribution is 5.93. The zero-order valence-electron chi connectivity index (χ0n) is 14.2. The quantitative estimate of drug-likeness (QED) is 0.813. The molecule has 0 saturated carbocycles. The molecule has 8 heteroatoms. The van der Waals surface area contributed by atoms with Crippen LogP contribution in [0.25, 0.3) is 0 Å². The van der Waals surface area contributed by atoms with Gasteiger partial charge in [-0.1, -0.05) is 11.2 Å². The fourth-order valence-corrected chi connectivity index (χ4v) is 3.08. The lowest BCUT2D eigenvalue weighted by atomic mass is 10.0. The van der Waals surface area contributed by atoms with Crippen molar-refractivity contribution in [2.45, 2.75) is 19.5 Å². The monoisotopic (exact) mass is 343 g/mol. The molecule has 1 aliphatic rings. The Labute approximate surface area is 145 Å². The van der Waals surface area contributed by atoms with E-state index >= 15 is 0 Å². The first-order valence-electron chi connectivity index (χ1n) is 8.14. The zero-order chi connectivity index (χ0) is 17.8. The third kappa shape index (κ3) is 4.03. The van der Waals surface area contributed by atoms with Crippen molar-refractivity contribution >= 4 is 11.8 Å². The van der Waals surface area contributed by atoms with E-state index in [-0.39, 0.29) is 29.5 Å². The SMILES string of the molecule is CNC(=O)[C@H]1CN(Cc2cccnc2)C[C@@H]1NC(=O)c1cc(C)on1. The predicted octanol–water partition coefficient (Wildman–Crippen LogP) is 0.354. The van der Waals surface area contributed by atoms with Gasteiger partial charge in [0, 0.05) is 45.1 Å². The Morgan fingerprint density at radius 2 is 2.24 bits per heavy atom. The van der Waals surface area contributed by atoms with Crippen LogP contribution in [-0.4, -0.2) is 53.0 Å². The molecule has 2 N–H and O–H groups in total. The van der Waals surface area contributed by atoms with E-state index in [1.807, 2.05) is 12.1 Å². The van der Waals surface area contributed by atoms with Crippen LogP contribution in [0.15, 0.2) is 35.1 Å². The second-order valence-electron chi connectivity index (χ2n) is 6.18. The van der Waals surface area contributed by atoms with E-state index in [9.17, 15) is 9.59 Å². The number of pyridine rings is 1. The number of rotatable bonds is 5. The van der Waals surface area contributed by atoms with Gasteiger partial charge in [0.05, 0.1) is 12.0 Å². The maximum Gasteiger partial charge on any atom is 0.273 e. The topological polar surface area (TPSA) is 100 Å². The molecule has 2 aromatic heterocycles. The molecule has 0 spiro atoms. The number of hydrogen-bond donors (Lipinski definition) is 2. The summed E-state index contributed by atoms with van der Waals surface area (Å²) in [5.74, 6) is -0.175. The summed E-state index contributed by atoms with van der Waals surface area (Å²) in [5, 5.41) is 9.31. The number of aryl methyl sites for hydroxylation is 1. The first kappa shape index (κ1) is 17.1. The number of nitrogens with one attached hydrogen (secondary N) is 2. The normalized spacial score (nSPS) is 20.4. The molecule has 2 atom stereocenters. The van der Waals surface area contributed by atoms with E-state index in [1.54, 1.807) is 32.4 Å². The number of carbonyl (C=O) groups is 2. The molecule has 3 heterocycles. The van der Waals surface area contributed by atoms with Gasteiger partial charge in [0.25, 0.3) is 5.91 Å². The van der Waals surface area contributed by atoms with E-state index in [4.69, 9.17) is 4.52 Å². The van der Waals surface area contributed by atoms with Gasteiger partial charge < -0.3 is 15.2 Å². The number of nitrogens with zero attached hydrogens (tertiary/aromatic N) is 3. The molecule has 2 amide bonds. The van der Waals surface area contributed by atoms with Crippen LogP contribution in [0.1, 0.15) is 21.8 Å². The molecule has 1 aliphatic heterocycles. The minimum absolute atomic E-state index is 0.0877. The van der Waals surface area contributed by atoms with E-state index < -0.39 is 0 Å². The third-order valence-electron chi connectivity index (χ3n) is 4.28. The van der Waals surface area contributed by atoms with Gasteiger partial charge >= 0.3 is 0 Å². The third-order valence-corrected chi connectivity index (χ3v) is 4.28. The van der Waals surface area contributed by atoms with Crippen LogP contribution in [0.2, 0.25) is 0 Å². The summed E-state index contributed by atoms with van der Waals surface area (Å²) >= 11 is 0. The first-order valence-corrected chi connectivity index (χ1v) is 8.14. The molecular weight excluding hydrogens is 322 g/mol. The van der Waals surface area contributed by atoms with Gasteiger partial charge in [-0.05, 0) is 18.6 Å². The largest absolute Gasteiger partial charge is 0.361 e. The average Bonchev–Trinajstić information content (AvgIpc) is 3.21. The van der Waals surface area contributed by atoms with Crippen molar-refractivity contribution in [3.8, 4) is 0 Å². The Kier molecular flexibility index (Phi) is 5.08. The van der Waals surface area contributed by atoms with Crippen LogP contribution < -0.4 is 10.6 Å². The van der Waals surface area contributed by atoms with Crippen molar-refractivity contribution < 1.29 is 14.1 Å². The van der Waals surface area contributed by atoms with Gasteiger partial charge in [-0.3, -0.25) is 19.5 Å². The Hall–Kier alpha value is -2.74. The fraction of sp³-hybridized carbons (Fsp3) is 0.412. The molecule has 132 valence electrons. The number of hydrogen-bond acceptors (Lipinski definition) is 6. The van der Waals surface area contributed by atoms with Crippen LogP contribution in [0.5, 0.6) is 0 Å². The molecule has 0 aliphatic carbocycles. The Morgan fingerprint density at radius 3 is 2.88 bits per heavy atom. The standard InChI is InChI=1S/C17H21N5O3/c1-11-6-14(21-25-11)17(24)20-15-10-22(9-13(15)16(23)18-2)8-12-4-3-5-19-7-12/h3-7,13,15H,8-10H2,1-2H3,(H,18,23)(H,20,24)/t13-,15-/m0/s1. The molecule has 0 unspecified atom stereocenters. The summed E-state index contributed by atoms with van der Waals surface area (Å²) in [4.78, 5) is 30.8. The lowest BCUT2D eigenvalue weighted by Crippen LogP contribution is -2.45. The van der Waals surface area contributed by atoms with Gasteiger partial charge in [0.2, 0.25) is 5.91 Å². The smallest absolute Gasteiger partial charge is 0.273 e. The number of likely N-dealkylation sites (tertiary alicyclic amines) is 1. The minimum Gasteiger partial charge on any atom is -0.361 e. The number of amides is 2. The maximum absolute atomic E-state index is 12.3. The van der Waals surface area contributed by atoms with Crippen molar-refractivity contribution in [2.24, 2.45) is 5.92 Å². The second kappa shape index (κ2) is 7.43. The van der Waals surface area contributed by atoms with Crippen LogP contribution in [0.3, 0.4) is 0 Å². The van der Waals surface area contributed by atoms with Crippen LogP contribution in [0, 0.1) is 12.8 Å². The van der Waals surface area contributed by atoms with Crippen LogP contribution in [0.4, 0.5) is 0 Å². The summed E-state index contributed by atoms with van der Waals surface area (Å²) in [5.41, 5.74) is 1.29. The molecule has 0 aromatic carbocycles. The molecule has 3 rings (SSSR count). The summed E-state index contributed by atoms with van der Waals surface area (Å²) < 4.78 is 4.94. The van der Waals surface area contributed by atoms with E-state index in [0.29, 0.717) is 25.4 Å². The Bertz CT molecular complexity index is 746.